The minimum Gasteiger partial charge on any atom is -0.350 e. The summed E-state index contributed by atoms with van der Waals surface area (Å²) in [7, 11) is 0. The minimum absolute atomic E-state index is 0.0362. The summed E-state index contributed by atoms with van der Waals surface area (Å²) in [6.07, 6.45) is 1.02. The maximum absolute atomic E-state index is 11.7. The largest absolute Gasteiger partial charge is 0.350 e. The molecule has 1 N–H and O–H groups in total. The fourth-order valence-corrected chi connectivity index (χ4v) is 2.23. The van der Waals surface area contributed by atoms with E-state index in [1.165, 1.54) is 10.4 Å². The zero-order chi connectivity index (χ0) is 11.4. The number of amides is 1. The van der Waals surface area contributed by atoms with Gasteiger partial charge in [0.1, 0.15) is 0 Å². The first-order valence-corrected chi connectivity index (χ1v) is 6.77. The van der Waals surface area contributed by atoms with Crippen molar-refractivity contribution in [3.8, 4) is 0 Å². The predicted molar refractivity (Wildman–Crippen MR) is 69.1 cm³/mol. The summed E-state index contributed by atoms with van der Waals surface area (Å²) < 4.78 is 0. The summed E-state index contributed by atoms with van der Waals surface area (Å²) in [4.78, 5) is 14.1. The number of alkyl halides is 1. The van der Waals surface area contributed by atoms with E-state index in [-0.39, 0.29) is 5.91 Å². The van der Waals surface area contributed by atoms with Crippen molar-refractivity contribution in [2.24, 2.45) is 0 Å². The number of carbonyl (C=O) groups is 1. The van der Waals surface area contributed by atoms with Crippen LogP contribution < -0.4 is 5.32 Å². The molecule has 1 unspecified atom stereocenters. The summed E-state index contributed by atoms with van der Waals surface area (Å²) in [5, 5.41) is 2.91. The highest BCUT2D eigenvalue weighted by Gasteiger charge is 2.11. The third-order valence-electron chi connectivity index (χ3n) is 2.32. The molecule has 2 nitrogen and oxygen atoms in total. The maximum Gasteiger partial charge on any atom is 0.261 e. The molecule has 0 radical (unpaired) electrons. The molecule has 1 atom stereocenters. The lowest BCUT2D eigenvalue weighted by Gasteiger charge is -2.07. The van der Waals surface area contributed by atoms with Gasteiger partial charge in [0.25, 0.3) is 5.91 Å². The van der Waals surface area contributed by atoms with E-state index in [2.05, 4.69) is 28.2 Å². The van der Waals surface area contributed by atoms with Crippen LogP contribution in [-0.4, -0.2) is 17.3 Å². The van der Waals surface area contributed by atoms with Gasteiger partial charge < -0.3 is 5.32 Å². The van der Waals surface area contributed by atoms with Crippen molar-refractivity contribution in [3.63, 3.8) is 0 Å². The Kier molecular flexibility index (Phi) is 4.80. The van der Waals surface area contributed by atoms with Gasteiger partial charge in [-0.15, -0.1) is 11.3 Å². The van der Waals surface area contributed by atoms with Gasteiger partial charge in [-0.25, -0.2) is 0 Å². The van der Waals surface area contributed by atoms with Crippen LogP contribution in [0.15, 0.2) is 6.07 Å². The monoisotopic (exact) mass is 289 g/mol. The molecule has 4 heteroatoms. The Morgan fingerprint density at radius 1 is 1.60 bits per heavy atom. The zero-order valence-corrected chi connectivity index (χ0v) is 11.7. The van der Waals surface area contributed by atoms with Crippen LogP contribution in [0.5, 0.6) is 0 Å². The van der Waals surface area contributed by atoms with Crippen LogP contribution in [0.1, 0.15) is 33.5 Å². The molecular weight excluding hydrogens is 274 g/mol. The second-order valence-corrected chi connectivity index (χ2v) is 6.12. The number of halogens is 1. The van der Waals surface area contributed by atoms with Gasteiger partial charge in [-0.3, -0.25) is 4.79 Å². The Hall–Kier alpha value is -0.350. The van der Waals surface area contributed by atoms with E-state index in [9.17, 15) is 4.79 Å². The van der Waals surface area contributed by atoms with Crippen molar-refractivity contribution in [1.29, 1.82) is 0 Å². The minimum atomic E-state index is 0.0362. The van der Waals surface area contributed by atoms with E-state index in [0.29, 0.717) is 11.4 Å². The molecule has 0 bridgehead atoms. The molecule has 1 aromatic heterocycles. The van der Waals surface area contributed by atoms with Gasteiger partial charge in [-0.05, 0) is 31.9 Å². The molecule has 0 aromatic carbocycles. The van der Waals surface area contributed by atoms with Gasteiger partial charge >= 0.3 is 0 Å². The van der Waals surface area contributed by atoms with Crippen LogP contribution in [0.2, 0.25) is 0 Å². The molecule has 15 heavy (non-hydrogen) atoms. The summed E-state index contributed by atoms with van der Waals surface area (Å²) >= 11 is 5.04. The third kappa shape index (κ3) is 3.61. The number of hydrogen-bond donors (Lipinski definition) is 1. The average Bonchev–Trinajstić information content (AvgIpc) is 2.55. The van der Waals surface area contributed by atoms with Crippen molar-refractivity contribution in [2.45, 2.75) is 32.0 Å². The fourth-order valence-electron chi connectivity index (χ4n) is 1.12. The SMILES string of the molecule is CCC(Br)CNC(=O)c1cc(C)c(C)s1. The number of rotatable bonds is 4. The van der Waals surface area contributed by atoms with Crippen molar-refractivity contribution >= 4 is 33.2 Å². The van der Waals surface area contributed by atoms with E-state index in [4.69, 9.17) is 0 Å². The second kappa shape index (κ2) is 5.66. The Morgan fingerprint density at radius 2 is 2.27 bits per heavy atom. The Labute approximate surface area is 103 Å². The number of aryl methyl sites for hydroxylation is 2. The van der Waals surface area contributed by atoms with E-state index in [0.717, 1.165) is 11.3 Å². The van der Waals surface area contributed by atoms with Crippen molar-refractivity contribution in [2.75, 3.05) is 6.54 Å². The summed E-state index contributed by atoms with van der Waals surface area (Å²) in [6.45, 7) is 6.84. The predicted octanol–water partition coefficient (Wildman–Crippen LogP) is 3.27. The van der Waals surface area contributed by atoms with Gasteiger partial charge in [0, 0.05) is 16.2 Å². The highest BCUT2D eigenvalue weighted by atomic mass is 79.9. The fraction of sp³-hybridized carbons (Fsp3) is 0.545. The lowest BCUT2D eigenvalue weighted by Crippen LogP contribution is -2.28. The number of carbonyl (C=O) groups excluding carboxylic acids is 1. The van der Waals surface area contributed by atoms with Crippen molar-refractivity contribution < 1.29 is 4.79 Å². The van der Waals surface area contributed by atoms with Crippen molar-refractivity contribution in [1.82, 2.24) is 5.32 Å². The number of nitrogens with one attached hydrogen (secondary N) is 1. The molecule has 0 saturated carbocycles. The van der Waals surface area contributed by atoms with Gasteiger partial charge in [-0.2, -0.15) is 0 Å². The smallest absolute Gasteiger partial charge is 0.261 e. The first-order valence-electron chi connectivity index (χ1n) is 5.04. The summed E-state index contributed by atoms with van der Waals surface area (Å²) in [5.74, 6) is 0.0362. The average molecular weight is 290 g/mol. The molecule has 84 valence electrons. The van der Waals surface area contributed by atoms with Gasteiger partial charge in [0.15, 0.2) is 0 Å². The Balaban J connectivity index is 2.54. The molecular formula is C11H16BrNOS. The van der Waals surface area contributed by atoms with E-state index >= 15 is 0 Å². The maximum atomic E-state index is 11.7. The highest BCUT2D eigenvalue weighted by Crippen LogP contribution is 2.20. The van der Waals surface area contributed by atoms with Crippen LogP contribution in [0.25, 0.3) is 0 Å². The van der Waals surface area contributed by atoms with Gasteiger partial charge in [0.2, 0.25) is 0 Å². The van der Waals surface area contributed by atoms with Gasteiger partial charge in [0.05, 0.1) is 4.88 Å². The standard InChI is InChI=1S/C11H16BrNOS/c1-4-9(12)6-13-11(14)10-5-7(2)8(3)15-10/h5,9H,4,6H2,1-3H3,(H,13,14). The van der Waals surface area contributed by atoms with E-state index in [1.807, 2.05) is 19.9 Å². The van der Waals surface area contributed by atoms with Crippen LogP contribution >= 0.6 is 27.3 Å². The molecule has 0 aliphatic carbocycles. The normalized spacial score (nSPS) is 12.5. The molecule has 0 aliphatic rings. The first-order chi connectivity index (χ1) is 7.04. The van der Waals surface area contributed by atoms with Crippen LogP contribution in [-0.2, 0) is 0 Å². The lowest BCUT2D eigenvalue weighted by molar-refractivity contribution is 0.0958. The topological polar surface area (TPSA) is 29.1 Å². The van der Waals surface area contributed by atoms with E-state index in [1.54, 1.807) is 11.3 Å². The quantitative estimate of drug-likeness (QED) is 0.847. The molecule has 1 aromatic rings. The summed E-state index contributed by atoms with van der Waals surface area (Å²) in [6, 6.07) is 1.95. The zero-order valence-electron chi connectivity index (χ0n) is 9.26. The third-order valence-corrected chi connectivity index (χ3v) is 4.44. The number of hydrogen-bond acceptors (Lipinski definition) is 2. The van der Waals surface area contributed by atoms with Crippen molar-refractivity contribution in [3.05, 3.63) is 21.4 Å². The first kappa shape index (κ1) is 12.7. The number of thiophene rings is 1. The second-order valence-electron chi connectivity index (χ2n) is 3.57. The molecule has 0 fully saturated rings. The molecule has 0 aliphatic heterocycles. The Morgan fingerprint density at radius 3 is 2.73 bits per heavy atom. The van der Waals surface area contributed by atoms with Crippen LogP contribution in [0.3, 0.4) is 0 Å². The molecule has 0 spiro atoms. The molecule has 1 heterocycles. The molecule has 1 rings (SSSR count). The van der Waals surface area contributed by atoms with Crippen LogP contribution in [0, 0.1) is 13.8 Å². The highest BCUT2D eigenvalue weighted by molar-refractivity contribution is 9.09. The molecule has 1 amide bonds. The van der Waals surface area contributed by atoms with Gasteiger partial charge in [-0.1, -0.05) is 22.9 Å². The lowest BCUT2D eigenvalue weighted by atomic mass is 10.3. The van der Waals surface area contributed by atoms with E-state index < -0.39 is 0 Å². The Bertz CT molecular complexity index is 329. The molecule has 0 saturated heterocycles. The van der Waals surface area contributed by atoms with Crippen LogP contribution in [0.4, 0.5) is 0 Å². The summed E-state index contributed by atoms with van der Waals surface area (Å²) in [5.41, 5.74) is 1.19.